The molecule has 0 saturated heterocycles. The summed E-state index contributed by atoms with van der Waals surface area (Å²) in [6, 6.07) is 14.8. The Bertz CT molecular complexity index is 851. The molecule has 0 aliphatic rings. The molecule has 140 valence electrons. The standard InChI is InChI=1S/C19H23ClN2O3S/c1-15-4-3-5-17(12-15)13-19(23)21-10-11-22(26(2,24)25)14-16-6-8-18(20)9-7-16/h3-9,12H,10-11,13-14H2,1-2H3,(H,21,23). The Hall–Kier alpha value is -1.89. The molecule has 0 aliphatic carbocycles. The van der Waals surface area contributed by atoms with Gasteiger partial charge in [-0.1, -0.05) is 53.6 Å². The number of hydrogen-bond acceptors (Lipinski definition) is 3. The average Bonchev–Trinajstić information content (AvgIpc) is 2.55. The first-order valence-electron chi connectivity index (χ1n) is 8.26. The van der Waals surface area contributed by atoms with Crippen molar-refractivity contribution >= 4 is 27.5 Å². The molecule has 1 N–H and O–H groups in total. The van der Waals surface area contributed by atoms with Crippen LogP contribution in [0.2, 0.25) is 5.02 Å². The monoisotopic (exact) mass is 394 g/mol. The summed E-state index contributed by atoms with van der Waals surface area (Å²) in [7, 11) is -3.39. The maximum Gasteiger partial charge on any atom is 0.224 e. The van der Waals surface area contributed by atoms with Gasteiger partial charge in [-0.15, -0.1) is 0 Å². The molecule has 0 aromatic heterocycles. The Labute approximate surface area is 160 Å². The maximum atomic E-state index is 12.1. The summed E-state index contributed by atoms with van der Waals surface area (Å²) in [4.78, 5) is 12.1. The number of halogens is 1. The number of nitrogens with zero attached hydrogens (tertiary/aromatic N) is 1. The molecule has 0 unspecified atom stereocenters. The summed E-state index contributed by atoms with van der Waals surface area (Å²) >= 11 is 5.85. The van der Waals surface area contributed by atoms with Gasteiger partial charge >= 0.3 is 0 Å². The van der Waals surface area contributed by atoms with Gasteiger partial charge in [0, 0.05) is 24.7 Å². The van der Waals surface area contributed by atoms with Crippen molar-refractivity contribution in [2.24, 2.45) is 0 Å². The van der Waals surface area contributed by atoms with Crippen LogP contribution in [0.3, 0.4) is 0 Å². The molecule has 7 heteroatoms. The number of hydrogen-bond donors (Lipinski definition) is 1. The smallest absolute Gasteiger partial charge is 0.224 e. The molecule has 0 fully saturated rings. The fraction of sp³-hybridized carbons (Fsp3) is 0.316. The molecule has 1 amide bonds. The zero-order valence-corrected chi connectivity index (χ0v) is 16.5. The van der Waals surface area contributed by atoms with Crippen LogP contribution in [0.15, 0.2) is 48.5 Å². The van der Waals surface area contributed by atoms with Gasteiger partial charge in [0.15, 0.2) is 0 Å². The number of carbonyl (C=O) groups excluding carboxylic acids is 1. The first-order chi connectivity index (χ1) is 12.2. The first kappa shape index (κ1) is 20.4. The molecule has 2 rings (SSSR count). The van der Waals surface area contributed by atoms with E-state index in [-0.39, 0.29) is 32.0 Å². The van der Waals surface area contributed by atoms with E-state index in [1.807, 2.05) is 31.2 Å². The van der Waals surface area contributed by atoms with Crippen LogP contribution in [0.5, 0.6) is 0 Å². The largest absolute Gasteiger partial charge is 0.354 e. The molecular formula is C19H23ClN2O3S. The van der Waals surface area contributed by atoms with E-state index in [1.54, 1.807) is 24.3 Å². The Kier molecular flexibility index (Phi) is 7.20. The van der Waals surface area contributed by atoms with Crippen molar-refractivity contribution in [2.75, 3.05) is 19.3 Å². The van der Waals surface area contributed by atoms with Crippen LogP contribution in [0.4, 0.5) is 0 Å². The van der Waals surface area contributed by atoms with E-state index in [4.69, 9.17) is 11.6 Å². The predicted molar refractivity (Wildman–Crippen MR) is 105 cm³/mol. The second-order valence-corrected chi connectivity index (χ2v) is 8.66. The maximum absolute atomic E-state index is 12.1. The van der Waals surface area contributed by atoms with Crippen LogP contribution in [-0.2, 0) is 27.8 Å². The van der Waals surface area contributed by atoms with E-state index in [2.05, 4.69) is 5.32 Å². The Morgan fingerprint density at radius 3 is 2.42 bits per heavy atom. The number of nitrogens with one attached hydrogen (secondary N) is 1. The number of rotatable bonds is 8. The third kappa shape index (κ3) is 6.78. The minimum atomic E-state index is -3.39. The van der Waals surface area contributed by atoms with Gasteiger partial charge in [0.25, 0.3) is 0 Å². The van der Waals surface area contributed by atoms with Crippen molar-refractivity contribution in [3.63, 3.8) is 0 Å². The summed E-state index contributed by atoms with van der Waals surface area (Å²) in [6.45, 7) is 2.68. The highest BCUT2D eigenvalue weighted by Crippen LogP contribution is 2.13. The molecule has 0 saturated carbocycles. The zero-order valence-electron chi connectivity index (χ0n) is 14.9. The molecular weight excluding hydrogens is 372 g/mol. The second-order valence-electron chi connectivity index (χ2n) is 6.24. The predicted octanol–water partition coefficient (Wildman–Crippen LogP) is 2.77. The van der Waals surface area contributed by atoms with E-state index in [1.165, 1.54) is 4.31 Å². The fourth-order valence-corrected chi connectivity index (χ4v) is 3.48. The van der Waals surface area contributed by atoms with Crippen LogP contribution in [0.25, 0.3) is 0 Å². The van der Waals surface area contributed by atoms with Gasteiger partial charge in [-0.05, 0) is 30.2 Å². The molecule has 2 aromatic rings. The highest BCUT2D eigenvalue weighted by atomic mass is 35.5. The lowest BCUT2D eigenvalue weighted by atomic mass is 10.1. The fourth-order valence-electron chi connectivity index (χ4n) is 2.55. The van der Waals surface area contributed by atoms with Gasteiger partial charge in [-0.3, -0.25) is 4.79 Å². The third-order valence-corrected chi connectivity index (χ3v) is 5.37. The Morgan fingerprint density at radius 1 is 1.12 bits per heavy atom. The molecule has 5 nitrogen and oxygen atoms in total. The molecule has 0 spiro atoms. The highest BCUT2D eigenvalue weighted by molar-refractivity contribution is 7.88. The zero-order chi connectivity index (χ0) is 19.2. The van der Waals surface area contributed by atoms with Crippen molar-refractivity contribution in [2.45, 2.75) is 19.9 Å². The molecule has 2 aromatic carbocycles. The number of aryl methyl sites for hydroxylation is 1. The summed E-state index contributed by atoms with van der Waals surface area (Å²) in [5.41, 5.74) is 2.87. The Morgan fingerprint density at radius 2 is 1.81 bits per heavy atom. The van der Waals surface area contributed by atoms with Gasteiger partial charge in [0.2, 0.25) is 15.9 Å². The van der Waals surface area contributed by atoms with Gasteiger partial charge in [-0.2, -0.15) is 4.31 Å². The van der Waals surface area contributed by atoms with Crippen molar-refractivity contribution in [1.82, 2.24) is 9.62 Å². The number of benzene rings is 2. The number of sulfonamides is 1. The SMILES string of the molecule is Cc1cccc(CC(=O)NCCN(Cc2ccc(Cl)cc2)S(C)(=O)=O)c1. The molecule has 0 heterocycles. The second kappa shape index (κ2) is 9.16. The summed E-state index contributed by atoms with van der Waals surface area (Å²) in [5, 5.41) is 3.38. The quantitative estimate of drug-likeness (QED) is 0.748. The van der Waals surface area contributed by atoms with Crippen LogP contribution < -0.4 is 5.32 Å². The van der Waals surface area contributed by atoms with E-state index >= 15 is 0 Å². The minimum absolute atomic E-state index is 0.129. The van der Waals surface area contributed by atoms with Crippen molar-refractivity contribution in [3.8, 4) is 0 Å². The lowest BCUT2D eigenvalue weighted by molar-refractivity contribution is -0.120. The molecule has 0 bridgehead atoms. The topological polar surface area (TPSA) is 66.5 Å². The van der Waals surface area contributed by atoms with E-state index in [0.717, 1.165) is 22.9 Å². The summed E-state index contributed by atoms with van der Waals surface area (Å²) in [6.07, 6.45) is 1.44. The van der Waals surface area contributed by atoms with Crippen molar-refractivity contribution in [3.05, 3.63) is 70.2 Å². The van der Waals surface area contributed by atoms with Crippen LogP contribution >= 0.6 is 11.6 Å². The lowest BCUT2D eigenvalue weighted by Crippen LogP contribution is -2.38. The van der Waals surface area contributed by atoms with Crippen molar-refractivity contribution in [1.29, 1.82) is 0 Å². The number of carbonyl (C=O) groups is 1. The van der Waals surface area contributed by atoms with Crippen LogP contribution in [0, 0.1) is 6.92 Å². The molecule has 0 aliphatic heterocycles. The van der Waals surface area contributed by atoms with Crippen LogP contribution in [-0.4, -0.2) is 38.0 Å². The van der Waals surface area contributed by atoms with Gasteiger partial charge in [0.1, 0.15) is 0 Å². The van der Waals surface area contributed by atoms with Crippen molar-refractivity contribution < 1.29 is 13.2 Å². The Balaban J connectivity index is 1.89. The van der Waals surface area contributed by atoms with Crippen LogP contribution in [0.1, 0.15) is 16.7 Å². The van der Waals surface area contributed by atoms with E-state index < -0.39 is 10.0 Å². The molecule has 0 radical (unpaired) electrons. The normalized spacial score (nSPS) is 11.5. The highest BCUT2D eigenvalue weighted by Gasteiger charge is 2.17. The summed E-state index contributed by atoms with van der Waals surface area (Å²) in [5.74, 6) is -0.129. The minimum Gasteiger partial charge on any atom is -0.354 e. The van der Waals surface area contributed by atoms with Gasteiger partial charge < -0.3 is 5.32 Å². The lowest BCUT2D eigenvalue weighted by Gasteiger charge is -2.20. The number of amides is 1. The first-order valence-corrected chi connectivity index (χ1v) is 10.5. The van der Waals surface area contributed by atoms with E-state index in [9.17, 15) is 13.2 Å². The third-order valence-electron chi connectivity index (χ3n) is 3.87. The van der Waals surface area contributed by atoms with Gasteiger partial charge in [-0.25, -0.2) is 8.42 Å². The molecule has 0 atom stereocenters. The summed E-state index contributed by atoms with van der Waals surface area (Å²) < 4.78 is 25.3. The van der Waals surface area contributed by atoms with Gasteiger partial charge in [0.05, 0.1) is 12.7 Å². The average molecular weight is 395 g/mol. The van der Waals surface area contributed by atoms with E-state index in [0.29, 0.717) is 5.02 Å². The molecule has 26 heavy (non-hydrogen) atoms.